The van der Waals surface area contributed by atoms with Gasteiger partial charge in [-0.25, -0.2) is 0 Å². The van der Waals surface area contributed by atoms with Crippen LogP contribution in [0.1, 0.15) is 25.0 Å². The highest BCUT2D eigenvalue weighted by Crippen LogP contribution is 2.23. The molecule has 0 spiro atoms. The fraction of sp³-hybridized carbons (Fsp3) is 0.684. The molecule has 1 aromatic rings. The summed E-state index contributed by atoms with van der Waals surface area (Å²) < 4.78 is 10.9. The van der Waals surface area contributed by atoms with Gasteiger partial charge in [-0.2, -0.15) is 0 Å². The highest BCUT2D eigenvalue weighted by atomic mass is 127. The van der Waals surface area contributed by atoms with E-state index < -0.39 is 0 Å². The number of amides is 1. The van der Waals surface area contributed by atoms with Crippen LogP contribution in [0.2, 0.25) is 0 Å². The van der Waals surface area contributed by atoms with Crippen LogP contribution in [0.15, 0.2) is 27.8 Å². The molecule has 3 fully saturated rings. The Hall–Kier alpha value is -1.29. The molecule has 1 amide bonds. The van der Waals surface area contributed by atoms with E-state index >= 15 is 0 Å². The number of carbonyl (C=O) groups is 1. The summed E-state index contributed by atoms with van der Waals surface area (Å²) in [5, 5.41) is 3.51. The van der Waals surface area contributed by atoms with Gasteiger partial charge in [-0.3, -0.25) is 9.79 Å². The predicted molar refractivity (Wildman–Crippen MR) is 113 cm³/mol. The summed E-state index contributed by atoms with van der Waals surface area (Å²) >= 11 is 0. The Morgan fingerprint density at radius 3 is 3.04 bits per heavy atom. The molecule has 0 saturated carbocycles. The lowest BCUT2D eigenvalue weighted by atomic mass is 10.1. The maximum Gasteiger partial charge on any atom is 0.223 e. The number of nitrogens with one attached hydrogen (secondary N) is 1. The second-order valence-electron chi connectivity index (χ2n) is 7.38. The standard InChI is InChI=1S/C19H28N4O3.HI/c24-18-4-3-16-13-22(8-9-23(16)18)19(21-12-15-6-11-25-14-15)20-7-5-17-2-1-10-26-17;/h1-2,10,15-16H,3-9,11-14H2,(H,20,21);1H. The summed E-state index contributed by atoms with van der Waals surface area (Å²) in [7, 11) is 0. The molecular formula is C19H29IN4O3. The Kier molecular flexibility index (Phi) is 7.40. The highest BCUT2D eigenvalue weighted by Gasteiger charge is 2.36. The SMILES string of the molecule is I.O=C1CCC2CN(C(=NCC3CCOC3)NCCc3ccco3)CCN12. The number of furan rings is 1. The average molecular weight is 488 g/mol. The number of hydrogen-bond acceptors (Lipinski definition) is 4. The maximum atomic E-state index is 11.9. The van der Waals surface area contributed by atoms with E-state index in [1.807, 2.05) is 17.0 Å². The summed E-state index contributed by atoms with van der Waals surface area (Å²) in [4.78, 5) is 21.2. The highest BCUT2D eigenvalue weighted by molar-refractivity contribution is 14.0. The quantitative estimate of drug-likeness (QED) is 0.389. The first-order valence-corrected chi connectivity index (χ1v) is 9.72. The molecule has 2 atom stereocenters. The molecule has 7 nitrogen and oxygen atoms in total. The number of halogens is 1. The number of rotatable bonds is 5. The lowest BCUT2D eigenvalue weighted by molar-refractivity contribution is -0.130. The Balaban J connectivity index is 0.00000210. The van der Waals surface area contributed by atoms with Crippen LogP contribution < -0.4 is 5.32 Å². The predicted octanol–water partition coefficient (Wildman–Crippen LogP) is 1.73. The van der Waals surface area contributed by atoms with Crippen molar-refractivity contribution >= 4 is 35.8 Å². The van der Waals surface area contributed by atoms with Gasteiger partial charge in [0, 0.05) is 64.1 Å². The molecule has 4 heterocycles. The van der Waals surface area contributed by atoms with E-state index in [9.17, 15) is 4.79 Å². The van der Waals surface area contributed by atoms with E-state index in [4.69, 9.17) is 14.1 Å². The Bertz CT molecular complexity index is 631. The summed E-state index contributed by atoms with van der Waals surface area (Å²) in [5.74, 6) is 2.77. The molecule has 0 aromatic carbocycles. The molecule has 27 heavy (non-hydrogen) atoms. The van der Waals surface area contributed by atoms with Crippen molar-refractivity contribution < 1.29 is 13.9 Å². The van der Waals surface area contributed by atoms with Gasteiger partial charge < -0.3 is 24.3 Å². The number of guanidine groups is 1. The van der Waals surface area contributed by atoms with Crippen LogP contribution in [0.3, 0.4) is 0 Å². The van der Waals surface area contributed by atoms with Gasteiger partial charge in [-0.05, 0) is 25.0 Å². The van der Waals surface area contributed by atoms with Crippen molar-refractivity contribution in [3.8, 4) is 0 Å². The summed E-state index contributed by atoms with van der Waals surface area (Å²) in [5.41, 5.74) is 0. The van der Waals surface area contributed by atoms with Gasteiger partial charge in [-0.1, -0.05) is 0 Å². The Morgan fingerprint density at radius 2 is 2.26 bits per heavy atom. The zero-order valence-corrected chi connectivity index (χ0v) is 18.0. The second-order valence-corrected chi connectivity index (χ2v) is 7.38. The van der Waals surface area contributed by atoms with Crippen molar-refractivity contribution in [2.24, 2.45) is 10.9 Å². The minimum Gasteiger partial charge on any atom is -0.469 e. The van der Waals surface area contributed by atoms with Crippen molar-refractivity contribution in [1.82, 2.24) is 15.1 Å². The van der Waals surface area contributed by atoms with Gasteiger partial charge in [-0.15, -0.1) is 24.0 Å². The Morgan fingerprint density at radius 1 is 1.33 bits per heavy atom. The van der Waals surface area contributed by atoms with Crippen molar-refractivity contribution in [3.05, 3.63) is 24.2 Å². The summed E-state index contributed by atoms with van der Waals surface area (Å²) in [6.45, 7) is 5.77. The minimum atomic E-state index is 0. The van der Waals surface area contributed by atoms with E-state index in [0.717, 1.165) is 76.9 Å². The van der Waals surface area contributed by atoms with Crippen molar-refractivity contribution in [3.63, 3.8) is 0 Å². The van der Waals surface area contributed by atoms with Crippen LogP contribution in [0.4, 0.5) is 0 Å². The number of ether oxygens (including phenoxy) is 1. The normalized spacial score (nSPS) is 25.5. The van der Waals surface area contributed by atoms with Crippen molar-refractivity contribution in [2.75, 3.05) is 45.9 Å². The maximum absolute atomic E-state index is 11.9. The average Bonchev–Trinajstić information content (AvgIpc) is 3.41. The largest absolute Gasteiger partial charge is 0.469 e. The number of nitrogens with zero attached hydrogens (tertiary/aromatic N) is 3. The number of carbonyl (C=O) groups excluding carboxylic acids is 1. The van der Waals surface area contributed by atoms with Crippen LogP contribution in [0.25, 0.3) is 0 Å². The van der Waals surface area contributed by atoms with Gasteiger partial charge in [0.15, 0.2) is 5.96 Å². The molecule has 3 aliphatic heterocycles. The lowest BCUT2D eigenvalue weighted by Crippen LogP contribution is -2.56. The van der Waals surface area contributed by atoms with Gasteiger partial charge in [0.25, 0.3) is 0 Å². The third-order valence-electron chi connectivity index (χ3n) is 5.55. The van der Waals surface area contributed by atoms with E-state index in [1.54, 1.807) is 6.26 Å². The minimum absolute atomic E-state index is 0. The molecule has 4 rings (SSSR count). The van der Waals surface area contributed by atoms with E-state index in [2.05, 4.69) is 10.2 Å². The smallest absolute Gasteiger partial charge is 0.223 e. The first-order chi connectivity index (χ1) is 12.8. The van der Waals surface area contributed by atoms with Crippen LogP contribution in [-0.2, 0) is 16.0 Å². The molecule has 3 saturated heterocycles. The van der Waals surface area contributed by atoms with E-state index in [-0.39, 0.29) is 24.0 Å². The van der Waals surface area contributed by atoms with Crippen molar-refractivity contribution in [1.29, 1.82) is 0 Å². The van der Waals surface area contributed by atoms with E-state index in [1.165, 1.54) is 0 Å². The van der Waals surface area contributed by atoms with Crippen LogP contribution in [-0.4, -0.2) is 73.6 Å². The molecule has 1 N–H and O–H groups in total. The topological polar surface area (TPSA) is 70.3 Å². The fourth-order valence-electron chi connectivity index (χ4n) is 4.02. The molecule has 0 aliphatic carbocycles. The fourth-order valence-corrected chi connectivity index (χ4v) is 4.02. The monoisotopic (exact) mass is 488 g/mol. The molecular weight excluding hydrogens is 459 g/mol. The van der Waals surface area contributed by atoms with Crippen LogP contribution >= 0.6 is 24.0 Å². The zero-order valence-electron chi connectivity index (χ0n) is 15.6. The van der Waals surface area contributed by atoms with E-state index in [0.29, 0.717) is 24.3 Å². The molecule has 1 aromatic heterocycles. The van der Waals surface area contributed by atoms with Gasteiger partial charge in [0.2, 0.25) is 5.91 Å². The third kappa shape index (κ3) is 5.16. The third-order valence-corrected chi connectivity index (χ3v) is 5.55. The molecule has 8 heteroatoms. The summed E-state index contributed by atoms with van der Waals surface area (Å²) in [6, 6.07) is 4.25. The first-order valence-electron chi connectivity index (χ1n) is 9.72. The molecule has 3 aliphatic rings. The van der Waals surface area contributed by atoms with Gasteiger partial charge in [0.05, 0.1) is 12.9 Å². The Labute approximate surface area is 177 Å². The molecule has 150 valence electrons. The molecule has 2 unspecified atom stereocenters. The molecule has 0 bridgehead atoms. The summed E-state index contributed by atoms with van der Waals surface area (Å²) in [6.07, 6.45) is 5.29. The first kappa shape index (κ1) is 20.4. The lowest BCUT2D eigenvalue weighted by Gasteiger charge is -2.39. The number of aliphatic imine (C=N–C) groups is 1. The van der Waals surface area contributed by atoms with Crippen LogP contribution in [0, 0.1) is 5.92 Å². The number of fused-ring (bicyclic) bond motifs is 1. The zero-order chi connectivity index (χ0) is 17.8. The van der Waals surface area contributed by atoms with Gasteiger partial charge >= 0.3 is 0 Å². The van der Waals surface area contributed by atoms with Crippen LogP contribution in [0.5, 0.6) is 0 Å². The molecule has 0 radical (unpaired) electrons. The number of hydrogen-bond donors (Lipinski definition) is 1. The second kappa shape index (κ2) is 9.77. The number of piperazine rings is 1. The van der Waals surface area contributed by atoms with Crippen molar-refractivity contribution in [2.45, 2.75) is 31.7 Å². The van der Waals surface area contributed by atoms with Gasteiger partial charge in [0.1, 0.15) is 5.76 Å².